The van der Waals surface area contributed by atoms with Gasteiger partial charge in [-0.25, -0.2) is 4.98 Å². The Morgan fingerprint density at radius 3 is 2.43 bits per heavy atom. The van der Waals surface area contributed by atoms with Gasteiger partial charge in [-0.1, -0.05) is 41.4 Å². The van der Waals surface area contributed by atoms with Crippen LogP contribution in [0.2, 0.25) is 5.02 Å². The third kappa shape index (κ3) is 4.44. The molecular weight excluding hydrogens is 308 g/mol. The minimum absolute atomic E-state index is 0.565. The van der Waals surface area contributed by atoms with Crippen molar-refractivity contribution in [1.82, 2.24) is 9.97 Å². The quantitative estimate of drug-likeness (QED) is 0.708. The van der Waals surface area contributed by atoms with E-state index in [1.54, 1.807) is 6.20 Å². The van der Waals surface area contributed by atoms with Crippen LogP contribution in [0.5, 0.6) is 0 Å². The summed E-state index contributed by atoms with van der Waals surface area (Å²) in [6.07, 6.45) is 1.73. The average Bonchev–Trinajstić information content (AvgIpc) is 2.57. The van der Waals surface area contributed by atoms with Crippen LogP contribution >= 0.6 is 11.6 Å². The second kappa shape index (κ2) is 7.11. The van der Waals surface area contributed by atoms with Crippen molar-refractivity contribution in [2.75, 3.05) is 10.6 Å². The summed E-state index contributed by atoms with van der Waals surface area (Å²) >= 11 is 5.89. The Morgan fingerprint density at radius 2 is 1.70 bits per heavy atom. The summed E-state index contributed by atoms with van der Waals surface area (Å²) in [5.74, 6) is 1.33. The number of aryl methyl sites for hydroxylation is 1. The smallest absolute Gasteiger partial charge is 0.229 e. The number of halogens is 1. The molecule has 0 saturated carbocycles. The molecule has 0 atom stereocenters. The van der Waals surface area contributed by atoms with E-state index in [2.05, 4.69) is 27.5 Å². The summed E-state index contributed by atoms with van der Waals surface area (Å²) in [6, 6.07) is 17.7. The molecule has 0 fully saturated rings. The van der Waals surface area contributed by atoms with Crippen LogP contribution in [0.25, 0.3) is 0 Å². The molecule has 3 rings (SSSR count). The molecule has 0 unspecified atom stereocenters. The first-order valence-electron chi connectivity index (χ1n) is 7.34. The molecule has 4 nitrogen and oxygen atoms in total. The van der Waals surface area contributed by atoms with Gasteiger partial charge in [0.1, 0.15) is 5.82 Å². The molecule has 2 N–H and O–H groups in total. The van der Waals surface area contributed by atoms with Gasteiger partial charge in [0.2, 0.25) is 5.95 Å². The Kier molecular flexibility index (Phi) is 4.74. The molecule has 23 heavy (non-hydrogen) atoms. The van der Waals surface area contributed by atoms with E-state index < -0.39 is 0 Å². The number of nitrogens with zero attached hydrogens (tertiary/aromatic N) is 2. The first-order valence-corrected chi connectivity index (χ1v) is 7.72. The molecule has 0 amide bonds. The van der Waals surface area contributed by atoms with Gasteiger partial charge >= 0.3 is 0 Å². The summed E-state index contributed by atoms with van der Waals surface area (Å²) in [7, 11) is 0. The monoisotopic (exact) mass is 324 g/mol. The average molecular weight is 325 g/mol. The topological polar surface area (TPSA) is 49.8 Å². The summed E-state index contributed by atoms with van der Waals surface area (Å²) < 4.78 is 0. The third-order valence-electron chi connectivity index (χ3n) is 3.35. The number of benzene rings is 2. The van der Waals surface area contributed by atoms with Crippen LogP contribution in [-0.4, -0.2) is 9.97 Å². The second-order valence-electron chi connectivity index (χ2n) is 5.24. The fourth-order valence-corrected chi connectivity index (χ4v) is 2.20. The number of hydrogen-bond donors (Lipinski definition) is 2. The second-order valence-corrected chi connectivity index (χ2v) is 5.67. The fourth-order valence-electron chi connectivity index (χ4n) is 2.08. The fraction of sp³-hybridized carbons (Fsp3) is 0.111. The van der Waals surface area contributed by atoms with Crippen LogP contribution in [0.15, 0.2) is 60.8 Å². The molecule has 0 aliphatic carbocycles. The molecule has 0 radical (unpaired) electrons. The predicted molar refractivity (Wildman–Crippen MR) is 95.3 cm³/mol. The normalized spacial score (nSPS) is 10.3. The van der Waals surface area contributed by atoms with Crippen molar-refractivity contribution in [3.63, 3.8) is 0 Å². The zero-order chi connectivity index (χ0) is 16.1. The molecule has 1 heterocycles. The van der Waals surface area contributed by atoms with Crippen molar-refractivity contribution in [2.24, 2.45) is 0 Å². The SMILES string of the molecule is Cc1ccc(Nc2nccc(NCc3ccc(Cl)cc3)n2)cc1. The van der Waals surface area contributed by atoms with Crippen molar-refractivity contribution < 1.29 is 0 Å². The van der Waals surface area contributed by atoms with E-state index in [1.807, 2.05) is 54.6 Å². The summed E-state index contributed by atoms with van der Waals surface area (Å²) in [5, 5.41) is 7.22. The molecule has 0 spiro atoms. The lowest BCUT2D eigenvalue weighted by molar-refractivity contribution is 1.08. The molecule has 5 heteroatoms. The number of rotatable bonds is 5. The van der Waals surface area contributed by atoms with Crippen molar-refractivity contribution >= 4 is 29.1 Å². The highest BCUT2D eigenvalue weighted by Crippen LogP contribution is 2.16. The zero-order valence-electron chi connectivity index (χ0n) is 12.8. The molecule has 1 aromatic heterocycles. The highest BCUT2D eigenvalue weighted by molar-refractivity contribution is 6.30. The van der Waals surface area contributed by atoms with Crippen LogP contribution in [0.1, 0.15) is 11.1 Å². The van der Waals surface area contributed by atoms with E-state index in [4.69, 9.17) is 11.6 Å². The Labute approximate surface area is 140 Å². The highest BCUT2D eigenvalue weighted by atomic mass is 35.5. The van der Waals surface area contributed by atoms with Crippen LogP contribution in [0.4, 0.5) is 17.5 Å². The maximum absolute atomic E-state index is 5.89. The number of nitrogens with one attached hydrogen (secondary N) is 2. The maximum atomic E-state index is 5.89. The third-order valence-corrected chi connectivity index (χ3v) is 3.60. The first-order chi connectivity index (χ1) is 11.2. The lowest BCUT2D eigenvalue weighted by Crippen LogP contribution is -2.04. The van der Waals surface area contributed by atoms with Crippen molar-refractivity contribution in [3.05, 3.63) is 76.9 Å². The minimum Gasteiger partial charge on any atom is -0.366 e. The first kappa shape index (κ1) is 15.3. The van der Waals surface area contributed by atoms with E-state index in [-0.39, 0.29) is 0 Å². The Balaban J connectivity index is 1.65. The minimum atomic E-state index is 0.565. The van der Waals surface area contributed by atoms with Gasteiger partial charge in [-0.2, -0.15) is 4.98 Å². The molecule has 3 aromatic rings. The predicted octanol–water partition coefficient (Wildman–Crippen LogP) is 4.79. The van der Waals surface area contributed by atoms with E-state index in [0.29, 0.717) is 12.5 Å². The summed E-state index contributed by atoms with van der Waals surface area (Å²) in [5.41, 5.74) is 3.32. The van der Waals surface area contributed by atoms with Gasteiger partial charge in [-0.05, 0) is 42.8 Å². The van der Waals surface area contributed by atoms with Gasteiger partial charge in [0, 0.05) is 23.5 Å². The van der Waals surface area contributed by atoms with Crippen molar-refractivity contribution in [3.8, 4) is 0 Å². The van der Waals surface area contributed by atoms with E-state index in [9.17, 15) is 0 Å². The van der Waals surface area contributed by atoms with Gasteiger partial charge in [-0.3, -0.25) is 0 Å². The Morgan fingerprint density at radius 1 is 0.957 bits per heavy atom. The van der Waals surface area contributed by atoms with Crippen LogP contribution in [-0.2, 0) is 6.54 Å². The number of aromatic nitrogens is 2. The molecule has 2 aromatic carbocycles. The standard InChI is InChI=1S/C18H17ClN4/c1-13-2-8-16(9-3-13)22-18-20-11-10-17(23-18)21-12-14-4-6-15(19)7-5-14/h2-11H,12H2,1H3,(H2,20,21,22,23). The highest BCUT2D eigenvalue weighted by Gasteiger charge is 2.01. The maximum Gasteiger partial charge on any atom is 0.229 e. The van der Waals surface area contributed by atoms with Crippen LogP contribution in [0.3, 0.4) is 0 Å². The van der Waals surface area contributed by atoms with Gasteiger partial charge in [0.25, 0.3) is 0 Å². The van der Waals surface area contributed by atoms with Crippen LogP contribution < -0.4 is 10.6 Å². The van der Waals surface area contributed by atoms with Gasteiger partial charge in [0.15, 0.2) is 0 Å². The molecular formula is C18H17ClN4. The van der Waals surface area contributed by atoms with Crippen molar-refractivity contribution in [2.45, 2.75) is 13.5 Å². The zero-order valence-corrected chi connectivity index (χ0v) is 13.5. The van der Waals surface area contributed by atoms with Crippen molar-refractivity contribution in [1.29, 1.82) is 0 Å². The molecule has 0 saturated heterocycles. The summed E-state index contributed by atoms with van der Waals surface area (Å²) in [4.78, 5) is 8.71. The van der Waals surface area contributed by atoms with E-state index in [0.717, 1.165) is 22.1 Å². The molecule has 0 bridgehead atoms. The number of anilines is 3. The Bertz CT molecular complexity index is 770. The molecule has 0 aliphatic rings. The van der Waals surface area contributed by atoms with Gasteiger partial charge in [0.05, 0.1) is 0 Å². The molecule has 116 valence electrons. The lowest BCUT2D eigenvalue weighted by Gasteiger charge is -2.09. The molecule has 0 aliphatic heterocycles. The lowest BCUT2D eigenvalue weighted by atomic mass is 10.2. The van der Waals surface area contributed by atoms with E-state index >= 15 is 0 Å². The van der Waals surface area contributed by atoms with Crippen LogP contribution in [0, 0.1) is 6.92 Å². The van der Waals surface area contributed by atoms with Gasteiger partial charge in [-0.15, -0.1) is 0 Å². The Hall–Kier alpha value is -2.59. The van der Waals surface area contributed by atoms with E-state index in [1.165, 1.54) is 5.56 Å². The van der Waals surface area contributed by atoms with Gasteiger partial charge < -0.3 is 10.6 Å². The number of hydrogen-bond acceptors (Lipinski definition) is 4. The largest absolute Gasteiger partial charge is 0.366 e. The summed E-state index contributed by atoms with van der Waals surface area (Å²) in [6.45, 7) is 2.74.